The van der Waals surface area contributed by atoms with Crippen molar-refractivity contribution in [2.24, 2.45) is 22.2 Å². The van der Waals surface area contributed by atoms with Crippen LogP contribution in [-0.4, -0.2) is 120 Å². The number of aliphatic imine (C=N–C) groups is 1. The number of anilines is 1. The summed E-state index contributed by atoms with van der Waals surface area (Å²) < 4.78 is 6.69. The number of nitrogens with zero attached hydrogens (tertiary/aromatic N) is 3. The second kappa shape index (κ2) is 17.9. The van der Waals surface area contributed by atoms with Gasteiger partial charge in [0.1, 0.15) is 24.1 Å². The van der Waals surface area contributed by atoms with Gasteiger partial charge in [0, 0.05) is 12.7 Å². The number of unbranched alkanes of at least 4 members (excludes halogenated alkanes) is 1. The van der Waals surface area contributed by atoms with Crippen molar-refractivity contribution in [1.82, 2.24) is 36.1 Å². The molecule has 6 unspecified atom stereocenters. The molecule has 1 aliphatic heterocycles. The van der Waals surface area contributed by atoms with E-state index in [1.54, 1.807) is 0 Å². The normalized spacial score (nSPS) is 22.3. The molecule has 242 valence electrons. The van der Waals surface area contributed by atoms with Gasteiger partial charge in [-0.05, 0) is 52.0 Å². The number of aliphatic hydroxyl groups excluding tert-OH is 2. The van der Waals surface area contributed by atoms with Crippen molar-refractivity contribution >= 4 is 29.5 Å². The van der Waals surface area contributed by atoms with Crippen molar-refractivity contribution in [3.8, 4) is 0 Å². The number of likely N-dealkylation sites (N-methyl/N-ethyl adjacent to an activating group) is 1. The summed E-state index contributed by atoms with van der Waals surface area (Å²) in [4.78, 5) is 58.6. The van der Waals surface area contributed by atoms with Crippen LogP contribution in [0.2, 0.25) is 0 Å². The van der Waals surface area contributed by atoms with Crippen LogP contribution in [0.5, 0.6) is 0 Å². The first-order valence-corrected chi connectivity index (χ1v) is 13.8. The van der Waals surface area contributed by atoms with Gasteiger partial charge in [-0.15, -0.1) is 0 Å². The number of carbonyl (C=O) groups is 3. The molecule has 2 rings (SSSR count). The lowest BCUT2D eigenvalue weighted by atomic mass is 9.94. The summed E-state index contributed by atoms with van der Waals surface area (Å²) in [5.41, 5.74) is 20.9. The third-order valence-corrected chi connectivity index (χ3v) is 6.40. The molecule has 1 fully saturated rings. The number of hydrogen-bond acceptors (Lipinski definition) is 13. The molecule has 1 saturated heterocycles. The highest BCUT2D eigenvalue weighted by molar-refractivity contribution is 5.90. The topological polar surface area (TPSA) is 312 Å². The number of nitrogen functional groups attached to an aromatic ring is 1. The van der Waals surface area contributed by atoms with E-state index in [2.05, 4.69) is 36.6 Å². The first-order chi connectivity index (χ1) is 20.5. The molecule has 19 heteroatoms. The number of hydrogen-bond donors (Lipinski definition) is 11. The van der Waals surface area contributed by atoms with Gasteiger partial charge in [-0.3, -0.25) is 23.9 Å². The Labute approximate surface area is 248 Å². The monoisotopic (exact) mass is 612 g/mol. The minimum absolute atomic E-state index is 0.0877. The van der Waals surface area contributed by atoms with Crippen LogP contribution >= 0.6 is 0 Å². The zero-order chi connectivity index (χ0) is 31.9. The van der Waals surface area contributed by atoms with Gasteiger partial charge in [-0.1, -0.05) is 0 Å². The molecule has 1 aromatic rings. The molecule has 1 aliphatic rings. The minimum Gasteiger partial charge on any atom is -0.388 e. The summed E-state index contributed by atoms with van der Waals surface area (Å²) in [5.74, 6) is -2.60. The number of rotatable bonds is 17. The molecule has 19 nitrogen and oxygen atoms in total. The standard InChI is InChI=1S/C24H44N12O7/c1-29-12-15(37)33-13(11-32-23(27)28)20(40)35-16-17(38)18(39)22(36-10-5-14(26)34-24(36)42)43-19(16)21(41)31-9-4-8-30-7-3-2-6-25/h5,10,13,16-19,22,29-30,38-39H,2-4,6-9,11-12,25H2,1H3,(H,31,41)(H,33,37)(H,35,40)(H2,26,34,42)(H4,27,28,32). The number of ether oxygens (including phenoxy) is 1. The summed E-state index contributed by atoms with van der Waals surface area (Å²) in [5, 5.41) is 35.5. The van der Waals surface area contributed by atoms with Gasteiger partial charge in [-0.2, -0.15) is 4.98 Å². The molecule has 0 aromatic carbocycles. The predicted molar refractivity (Wildman–Crippen MR) is 156 cm³/mol. The maximum atomic E-state index is 13.3. The lowest BCUT2D eigenvalue weighted by Crippen LogP contribution is -2.67. The average Bonchev–Trinajstić information content (AvgIpc) is 2.95. The van der Waals surface area contributed by atoms with E-state index >= 15 is 0 Å². The van der Waals surface area contributed by atoms with Crippen LogP contribution in [0, 0.1) is 0 Å². The van der Waals surface area contributed by atoms with Gasteiger partial charge < -0.3 is 64.5 Å². The maximum absolute atomic E-state index is 13.3. The van der Waals surface area contributed by atoms with Gasteiger partial charge in [0.25, 0.3) is 5.91 Å². The Balaban J connectivity index is 2.26. The van der Waals surface area contributed by atoms with Gasteiger partial charge in [0.2, 0.25) is 11.8 Å². The Morgan fingerprint density at radius 3 is 2.51 bits per heavy atom. The highest BCUT2D eigenvalue weighted by Crippen LogP contribution is 2.28. The summed E-state index contributed by atoms with van der Waals surface area (Å²) in [6.45, 7) is 1.70. The minimum atomic E-state index is -1.82. The Morgan fingerprint density at radius 1 is 1.14 bits per heavy atom. The molecular formula is C24H44N12O7. The van der Waals surface area contributed by atoms with Crippen molar-refractivity contribution in [3.05, 3.63) is 22.7 Å². The van der Waals surface area contributed by atoms with E-state index in [1.165, 1.54) is 19.3 Å². The van der Waals surface area contributed by atoms with Crippen LogP contribution in [0.4, 0.5) is 5.82 Å². The van der Waals surface area contributed by atoms with E-state index in [0.29, 0.717) is 19.5 Å². The van der Waals surface area contributed by atoms with Gasteiger partial charge in [-0.25, -0.2) is 4.79 Å². The van der Waals surface area contributed by atoms with Crippen molar-refractivity contribution < 1.29 is 29.3 Å². The Morgan fingerprint density at radius 2 is 1.86 bits per heavy atom. The Hall–Kier alpha value is -3.88. The van der Waals surface area contributed by atoms with Gasteiger partial charge >= 0.3 is 5.69 Å². The molecule has 1 aromatic heterocycles. The average molecular weight is 613 g/mol. The molecule has 43 heavy (non-hydrogen) atoms. The molecule has 0 saturated carbocycles. The van der Waals surface area contributed by atoms with Crippen LogP contribution in [0.1, 0.15) is 25.5 Å². The van der Waals surface area contributed by atoms with E-state index in [9.17, 15) is 29.4 Å². The number of guanidine groups is 1. The zero-order valence-electron chi connectivity index (χ0n) is 24.1. The molecule has 6 atom stereocenters. The predicted octanol–water partition coefficient (Wildman–Crippen LogP) is -6.26. The lowest BCUT2D eigenvalue weighted by molar-refractivity contribution is -0.213. The third-order valence-electron chi connectivity index (χ3n) is 6.40. The van der Waals surface area contributed by atoms with E-state index < -0.39 is 60.0 Å². The van der Waals surface area contributed by atoms with Crippen molar-refractivity contribution in [3.63, 3.8) is 0 Å². The summed E-state index contributed by atoms with van der Waals surface area (Å²) in [7, 11) is 1.53. The quantitative estimate of drug-likeness (QED) is 0.0443. The molecule has 0 radical (unpaired) electrons. The van der Waals surface area contributed by atoms with Crippen LogP contribution in [0.25, 0.3) is 0 Å². The maximum Gasteiger partial charge on any atom is 0.351 e. The SMILES string of the molecule is CNCC(=O)NC(CN=C(N)N)C(=O)NC1C(C(=O)NCCCNCCCCN)OC(n2ccc(N)nc2=O)C(O)C1O. The Bertz CT molecular complexity index is 1150. The second-order valence-corrected chi connectivity index (χ2v) is 9.81. The fraction of sp³-hybridized carbons (Fsp3) is 0.667. The van der Waals surface area contributed by atoms with E-state index in [1.807, 2.05) is 0 Å². The van der Waals surface area contributed by atoms with E-state index in [-0.39, 0.29) is 31.4 Å². The highest BCUT2D eigenvalue weighted by atomic mass is 16.5. The van der Waals surface area contributed by atoms with Gasteiger partial charge in [0.15, 0.2) is 18.3 Å². The number of nitrogens with one attached hydrogen (secondary N) is 5. The van der Waals surface area contributed by atoms with Crippen LogP contribution in [0.15, 0.2) is 22.1 Å². The number of aliphatic hydroxyl groups is 2. The first-order valence-electron chi connectivity index (χ1n) is 13.8. The first kappa shape index (κ1) is 35.3. The van der Waals surface area contributed by atoms with Crippen LogP contribution in [0.3, 0.4) is 0 Å². The molecule has 2 heterocycles. The number of nitrogens with two attached hydrogens (primary N) is 4. The molecular weight excluding hydrogens is 568 g/mol. The fourth-order valence-electron chi connectivity index (χ4n) is 4.22. The molecule has 15 N–H and O–H groups in total. The second-order valence-electron chi connectivity index (χ2n) is 9.81. The van der Waals surface area contributed by atoms with E-state index in [4.69, 9.17) is 27.7 Å². The summed E-state index contributed by atoms with van der Waals surface area (Å²) in [6, 6.07) is -1.56. The zero-order valence-corrected chi connectivity index (χ0v) is 24.1. The summed E-state index contributed by atoms with van der Waals surface area (Å²) >= 11 is 0. The molecule has 0 aliphatic carbocycles. The number of amides is 3. The van der Waals surface area contributed by atoms with Crippen LogP contribution in [-0.2, 0) is 19.1 Å². The smallest absolute Gasteiger partial charge is 0.351 e. The van der Waals surface area contributed by atoms with Gasteiger partial charge in [0.05, 0.1) is 19.1 Å². The molecule has 0 bridgehead atoms. The lowest BCUT2D eigenvalue weighted by Gasteiger charge is -2.43. The Kier molecular flexibility index (Phi) is 14.7. The fourth-order valence-corrected chi connectivity index (χ4v) is 4.22. The summed E-state index contributed by atoms with van der Waals surface area (Å²) in [6.07, 6.45) is -3.22. The third kappa shape index (κ3) is 11.0. The number of aromatic nitrogens is 2. The highest BCUT2D eigenvalue weighted by Gasteiger charge is 2.49. The van der Waals surface area contributed by atoms with Crippen molar-refractivity contribution in [2.75, 3.05) is 52.0 Å². The number of carbonyl (C=O) groups excluding carboxylic acids is 3. The van der Waals surface area contributed by atoms with Crippen LogP contribution < -0.4 is 55.2 Å². The molecule has 0 spiro atoms. The van der Waals surface area contributed by atoms with E-state index in [0.717, 1.165) is 24.0 Å². The molecule has 3 amide bonds. The van der Waals surface area contributed by atoms with Crippen molar-refractivity contribution in [2.45, 2.75) is 55.9 Å². The van der Waals surface area contributed by atoms with Crippen molar-refractivity contribution in [1.29, 1.82) is 0 Å². The largest absolute Gasteiger partial charge is 0.388 e.